The van der Waals surface area contributed by atoms with Gasteiger partial charge < -0.3 is 4.74 Å². The summed E-state index contributed by atoms with van der Waals surface area (Å²) in [7, 11) is -2.47. The Balaban J connectivity index is 1.63. The summed E-state index contributed by atoms with van der Waals surface area (Å²) in [6, 6.07) is 13.8. The highest BCUT2D eigenvalue weighted by molar-refractivity contribution is 7.89. The van der Waals surface area contributed by atoms with E-state index in [0.717, 1.165) is 15.8 Å². The maximum Gasteiger partial charge on any atom is 0.311 e. The van der Waals surface area contributed by atoms with E-state index in [9.17, 15) is 18.0 Å². The van der Waals surface area contributed by atoms with Crippen molar-refractivity contribution in [3.05, 3.63) is 75.7 Å². The van der Waals surface area contributed by atoms with Gasteiger partial charge in [-0.25, -0.2) is 18.5 Å². The predicted molar refractivity (Wildman–Crippen MR) is 134 cm³/mol. The number of nitrogens with two attached hydrogens (primary N) is 1. The number of benzene rings is 2. The van der Waals surface area contributed by atoms with Gasteiger partial charge >= 0.3 is 5.97 Å². The number of nitrogens with zero attached hydrogens (tertiary/aromatic N) is 3. The first kappa shape index (κ1) is 24.5. The number of sulfonamides is 1. The molecule has 0 aliphatic heterocycles. The zero-order valence-electron chi connectivity index (χ0n) is 19.0. The Morgan fingerprint density at radius 3 is 2.57 bits per heavy atom. The van der Waals surface area contributed by atoms with Crippen molar-refractivity contribution in [2.24, 2.45) is 10.1 Å². The number of para-hydroxylation sites is 1. The molecule has 0 radical (unpaired) electrons. The SMILES string of the molecule is COC(=O)Cc1[nH]n(-c2nc3ccccc3s2)c(=O)c1C(C)=NCCc1ccc(S(N)(=O)=O)cc1. The van der Waals surface area contributed by atoms with Gasteiger partial charge in [0.15, 0.2) is 0 Å². The average Bonchev–Trinajstić information content (AvgIpc) is 3.39. The fourth-order valence-electron chi connectivity index (χ4n) is 3.57. The number of nitrogens with one attached hydrogen (secondary N) is 1. The Morgan fingerprint density at radius 2 is 1.91 bits per heavy atom. The number of primary sulfonamides is 1. The van der Waals surface area contributed by atoms with Gasteiger partial charge in [0.25, 0.3) is 5.56 Å². The van der Waals surface area contributed by atoms with E-state index in [4.69, 9.17) is 9.88 Å². The van der Waals surface area contributed by atoms with Gasteiger partial charge in [-0.15, -0.1) is 0 Å². The molecule has 0 bridgehead atoms. The van der Waals surface area contributed by atoms with Crippen LogP contribution in [-0.4, -0.2) is 48.5 Å². The number of aliphatic imine (C=N–C) groups is 1. The molecule has 10 nitrogen and oxygen atoms in total. The molecule has 0 saturated heterocycles. The molecule has 182 valence electrons. The fraction of sp³-hybridized carbons (Fsp3) is 0.217. The summed E-state index contributed by atoms with van der Waals surface area (Å²) in [5.41, 5.74) is 2.42. The van der Waals surface area contributed by atoms with Crippen LogP contribution in [0.4, 0.5) is 0 Å². The van der Waals surface area contributed by atoms with E-state index < -0.39 is 16.0 Å². The van der Waals surface area contributed by atoms with E-state index in [2.05, 4.69) is 15.1 Å². The zero-order valence-corrected chi connectivity index (χ0v) is 20.6. The molecule has 2 aromatic heterocycles. The molecule has 3 N–H and O–H groups in total. The number of fused-ring (bicyclic) bond motifs is 1. The minimum Gasteiger partial charge on any atom is -0.469 e. The van der Waals surface area contributed by atoms with Crippen molar-refractivity contribution in [1.82, 2.24) is 14.8 Å². The molecule has 2 aromatic carbocycles. The number of aromatic amines is 1. The van der Waals surface area contributed by atoms with Gasteiger partial charge in [-0.3, -0.25) is 19.7 Å². The second kappa shape index (κ2) is 9.94. The van der Waals surface area contributed by atoms with Crippen LogP contribution in [0.1, 0.15) is 23.7 Å². The van der Waals surface area contributed by atoms with Gasteiger partial charge in [0.05, 0.1) is 39.9 Å². The fourth-order valence-corrected chi connectivity index (χ4v) is 5.01. The summed E-state index contributed by atoms with van der Waals surface area (Å²) in [5.74, 6) is -0.494. The van der Waals surface area contributed by atoms with Crippen molar-refractivity contribution >= 4 is 43.3 Å². The Morgan fingerprint density at radius 1 is 1.20 bits per heavy atom. The second-order valence-corrected chi connectivity index (χ2v) is 10.3. The highest BCUT2D eigenvalue weighted by Crippen LogP contribution is 2.24. The summed E-state index contributed by atoms with van der Waals surface area (Å²) >= 11 is 1.35. The number of H-pyrrole nitrogens is 1. The van der Waals surface area contributed by atoms with Crippen LogP contribution in [0.2, 0.25) is 0 Å². The number of esters is 1. The Bertz CT molecular complexity index is 1550. The maximum absolute atomic E-state index is 13.3. The van der Waals surface area contributed by atoms with Gasteiger partial charge in [0, 0.05) is 12.3 Å². The van der Waals surface area contributed by atoms with Gasteiger partial charge in [-0.05, 0) is 43.2 Å². The number of rotatable bonds is 8. The Kier molecular flexibility index (Phi) is 6.96. The molecule has 35 heavy (non-hydrogen) atoms. The minimum atomic E-state index is -3.75. The monoisotopic (exact) mass is 513 g/mol. The van der Waals surface area contributed by atoms with Gasteiger partial charge in [-0.1, -0.05) is 35.6 Å². The molecule has 0 saturated carbocycles. The first-order chi connectivity index (χ1) is 16.7. The average molecular weight is 514 g/mol. The lowest BCUT2D eigenvalue weighted by atomic mass is 10.1. The molecule has 0 unspecified atom stereocenters. The number of thiazole rings is 1. The minimum absolute atomic E-state index is 0.0381. The van der Waals surface area contributed by atoms with Crippen molar-refractivity contribution in [3.63, 3.8) is 0 Å². The Labute approximate surface area is 205 Å². The third-order valence-electron chi connectivity index (χ3n) is 5.35. The number of aromatic nitrogens is 3. The summed E-state index contributed by atoms with van der Waals surface area (Å²) in [6.45, 7) is 2.06. The van der Waals surface area contributed by atoms with Crippen LogP contribution in [0.25, 0.3) is 15.3 Å². The largest absolute Gasteiger partial charge is 0.469 e. The van der Waals surface area contributed by atoms with E-state index in [1.165, 1.54) is 35.3 Å². The van der Waals surface area contributed by atoms with Crippen LogP contribution in [0.5, 0.6) is 0 Å². The maximum atomic E-state index is 13.3. The van der Waals surface area contributed by atoms with Crippen molar-refractivity contribution in [1.29, 1.82) is 0 Å². The van der Waals surface area contributed by atoms with E-state index in [1.54, 1.807) is 19.1 Å². The summed E-state index contributed by atoms with van der Waals surface area (Å²) in [4.78, 5) is 34.4. The van der Waals surface area contributed by atoms with Crippen molar-refractivity contribution < 1.29 is 17.9 Å². The molecule has 0 aliphatic rings. The molecule has 12 heteroatoms. The molecule has 2 heterocycles. The molecular weight excluding hydrogens is 490 g/mol. The highest BCUT2D eigenvalue weighted by atomic mass is 32.2. The first-order valence-corrected chi connectivity index (χ1v) is 12.9. The van der Waals surface area contributed by atoms with Gasteiger partial charge in [0.2, 0.25) is 15.2 Å². The summed E-state index contributed by atoms with van der Waals surface area (Å²) in [5, 5.41) is 8.59. The lowest BCUT2D eigenvalue weighted by Crippen LogP contribution is -2.20. The normalized spacial score (nSPS) is 12.3. The van der Waals surface area contributed by atoms with Crippen LogP contribution in [0.3, 0.4) is 0 Å². The van der Waals surface area contributed by atoms with Crippen LogP contribution in [-0.2, 0) is 32.4 Å². The number of hydrogen-bond acceptors (Lipinski definition) is 8. The molecule has 0 aliphatic carbocycles. The first-order valence-electron chi connectivity index (χ1n) is 10.6. The molecule has 0 fully saturated rings. The lowest BCUT2D eigenvalue weighted by molar-refractivity contribution is -0.139. The molecule has 0 spiro atoms. The van der Waals surface area contributed by atoms with E-state index in [-0.39, 0.29) is 16.9 Å². The van der Waals surface area contributed by atoms with E-state index >= 15 is 0 Å². The second-order valence-electron chi connectivity index (χ2n) is 7.73. The highest BCUT2D eigenvalue weighted by Gasteiger charge is 2.21. The Hall–Kier alpha value is -3.61. The summed E-state index contributed by atoms with van der Waals surface area (Å²) < 4.78 is 29.9. The number of hydrogen-bond donors (Lipinski definition) is 2. The van der Waals surface area contributed by atoms with Crippen LogP contribution < -0.4 is 10.7 Å². The van der Waals surface area contributed by atoms with Crippen molar-refractivity contribution in [3.8, 4) is 5.13 Å². The molecule has 4 rings (SSSR count). The van der Waals surface area contributed by atoms with Crippen molar-refractivity contribution in [2.75, 3.05) is 13.7 Å². The van der Waals surface area contributed by atoms with E-state index in [0.29, 0.717) is 35.1 Å². The van der Waals surface area contributed by atoms with Gasteiger partial charge in [-0.2, -0.15) is 4.68 Å². The molecule has 0 amide bonds. The van der Waals surface area contributed by atoms with E-state index in [1.807, 2.05) is 24.3 Å². The zero-order chi connectivity index (χ0) is 25.2. The third kappa shape index (κ3) is 5.39. The number of carbonyl (C=O) groups is 1. The molecular formula is C23H23N5O5S2. The molecule has 4 aromatic rings. The number of ether oxygens (including phenoxy) is 1. The van der Waals surface area contributed by atoms with Crippen molar-refractivity contribution in [2.45, 2.75) is 24.7 Å². The topological polar surface area (TPSA) is 150 Å². The smallest absolute Gasteiger partial charge is 0.311 e. The predicted octanol–water partition coefficient (Wildman–Crippen LogP) is 2.19. The molecule has 0 atom stereocenters. The van der Waals surface area contributed by atoms with Crippen LogP contribution >= 0.6 is 11.3 Å². The lowest BCUT2D eigenvalue weighted by Gasteiger charge is -2.03. The van der Waals surface area contributed by atoms with Gasteiger partial charge in [0.1, 0.15) is 0 Å². The number of carbonyl (C=O) groups excluding carboxylic acids is 1. The van der Waals surface area contributed by atoms with Crippen LogP contribution in [0, 0.1) is 0 Å². The quantitative estimate of drug-likeness (QED) is 0.272. The summed E-state index contributed by atoms with van der Waals surface area (Å²) in [6.07, 6.45) is 0.395. The van der Waals surface area contributed by atoms with Crippen LogP contribution in [0.15, 0.2) is 63.2 Å². The third-order valence-corrected chi connectivity index (χ3v) is 7.30. The standard InChI is InChI=1S/C23H23N5O5S2/c1-14(25-12-11-15-7-9-16(10-8-15)35(24,31)32)21-18(13-20(29)33-2)27-28(22(21)30)23-26-17-5-3-4-6-19(17)34-23/h3-10,27H,11-13H2,1-2H3,(H2,24,31,32). The number of methoxy groups -OCH3 is 1.